The number of hydrogen-bond acceptors (Lipinski definition) is 8. The number of nitrogens with zero attached hydrogens (tertiary/aromatic N) is 2. The van der Waals surface area contributed by atoms with Crippen molar-refractivity contribution >= 4 is 41.4 Å². The van der Waals surface area contributed by atoms with Crippen LogP contribution >= 0.6 is 0 Å². The second-order valence-corrected chi connectivity index (χ2v) is 16.7. The van der Waals surface area contributed by atoms with Crippen molar-refractivity contribution in [2.45, 2.75) is 112 Å². The monoisotopic (exact) mass is 714 g/mol. The third-order valence-electron chi connectivity index (χ3n) is 8.18. The van der Waals surface area contributed by atoms with Gasteiger partial charge in [-0.25, -0.2) is 4.79 Å². The molecule has 0 bridgehead atoms. The zero-order valence-electron chi connectivity index (χ0n) is 32.3. The molecular weight excluding hydrogens is 656 g/mol. The number of likely N-dealkylation sites (tertiary alicyclic amines) is 1. The summed E-state index contributed by atoms with van der Waals surface area (Å²) in [5.74, 6) is -4.31. The minimum atomic E-state index is -1.24. The molecule has 6 amide bonds. The molecule has 0 aliphatic carbocycles. The van der Waals surface area contributed by atoms with Crippen LogP contribution in [0, 0.1) is 16.7 Å². The van der Waals surface area contributed by atoms with Gasteiger partial charge >= 0.3 is 6.09 Å². The third kappa shape index (κ3) is 13.0. The number of carbonyl (C=O) groups is 7. The van der Waals surface area contributed by atoms with E-state index in [1.807, 2.05) is 27.7 Å². The molecule has 1 heterocycles. The fourth-order valence-electron chi connectivity index (χ4n) is 5.76. The number of nitrogens with one attached hydrogen (secondary N) is 4. The summed E-state index contributed by atoms with van der Waals surface area (Å²) in [6.45, 7) is 17.6. The first kappa shape index (κ1) is 42.7. The van der Waals surface area contributed by atoms with Gasteiger partial charge in [-0.15, -0.1) is 0 Å². The maximum absolute atomic E-state index is 14.1. The lowest BCUT2D eigenvalue weighted by Gasteiger charge is -2.36. The Morgan fingerprint density at radius 2 is 1.51 bits per heavy atom. The summed E-state index contributed by atoms with van der Waals surface area (Å²) in [5, 5.41) is 10.3. The van der Waals surface area contributed by atoms with Crippen LogP contribution in [-0.4, -0.2) is 102 Å². The Bertz CT molecular complexity index is 1440. The minimum Gasteiger partial charge on any atom is -0.444 e. The first-order valence-electron chi connectivity index (χ1n) is 17.3. The number of amides is 6. The van der Waals surface area contributed by atoms with Crippen LogP contribution in [0.1, 0.15) is 93.7 Å². The van der Waals surface area contributed by atoms with Crippen molar-refractivity contribution < 1.29 is 38.3 Å². The maximum Gasteiger partial charge on any atom is 0.408 e. The van der Waals surface area contributed by atoms with Crippen molar-refractivity contribution in [3.8, 4) is 0 Å². The summed E-state index contributed by atoms with van der Waals surface area (Å²) in [6, 6.07) is 4.34. The van der Waals surface area contributed by atoms with E-state index in [1.165, 1.54) is 9.80 Å². The van der Waals surface area contributed by atoms with Crippen LogP contribution in [0.15, 0.2) is 30.3 Å². The summed E-state index contributed by atoms with van der Waals surface area (Å²) >= 11 is 0. The van der Waals surface area contributed by atoms with E-state index in [-0.39, 0.29) is 31.2 Å². The van der Waals surface area contributed by atoms with Gasteiger partial charge in [-0.2, -0.15) is 0 Å². The number of carbonyl (C=O) groups excluding carboxylic acids is 7. The normalized spacial score (nSPS) is 17.4. The highest BCUT2D eigenvalue weighted by atomic mass is 16.6. The molecular formula is C37H58N6O8. The summed E-state index contributed by atoms with van der Waals surface area (Å²) < 4.78 is 5.41. The molecule has 1 fully saturated rings. The molecule has 1 aliphatic heterocycles. The van der Waals surface area contributed by atoms with Crippen molar-refractivity contribution in [1.82, 2.24) is 31.1 Å². The van der Waals surface area contributed by atoms with Crippen molar-refractivity contribution in [2.75, 3.05) is 27.2 Å². The van der Waals surface area contributed by atoms with Gasteiger partial charge < -0.3 is 35.8 Å². The quantitative estimate of drug-likeness (QED) is 0.225. The van der Waals surface area contributed by atoms with Gasteiger partial charge in [0.1, 0.15) is 23.7 Å². The van der Waals surface area contributed by atoms with Crippen LogP contribution in [0.25, 0.3) is 0 Å². The average Bonchev–Trinajstić information content (AvgIpc) is 3.34. The van der Waals surface area contributed by atoms with Crippen LogP contribution in [-0.2, 0) is 33.5 Å². The van der Waals surface area contributed by atoms with E-state index >= 15 is 0 Å². The number of Topliss-reactive ketones (excluding diaryl/α,β-unsaturated/α-hetero) is 1. The Labute approximate surface area is 302 Å². The maximum atomic E-state index is 14.1. The molecule has 4 unspecified atom stereocenters. The molecule has 1 aromatic carbocycles. The van der Waals surface area contributed by atoms with E-state index in [0.717, 1.165) is 0 Å². The van der Waals surface area contributed by atoms with Gasteiger partial charge in [0.25, 0.3) is 5.91 Å². The Hall–Kier alpha value is -4.49. The molecule has 1 saturated heterocycles. The summed E-state index contributed by atoms with van der Waals surface area (Å²) in [6.07, 6.45) is -0.374. The van der Waals surface area contributed by atoms with Gasteiger partial charge in [0.15, 0.2) is 0 Å². The predicted molar refractivity (Wildman–Crippen MR) is 192 cm³/mol. The molecule has 14 nitrogen and oxygen atoms in total. The molecule has 14 heteroatoms. The molecule has 1 aromatic rings. The number of ketones is 1. The standard InChI is InChI=1S/C37H58N6O8/c1-22(2)18-24(28(45)31(47)38-20-26(44)40-27(32(48)42(11)12)23-16-14-13-15-17-23)39-30(46)25-19-37(9,10)21-43(25)33(49)29(35(3,4)5)41-34(50)51-36(6,7)8/h13-17,22,24-25,27,29H,18-21H2,1-12H3,(H,38,47)(H,39,46)(H,40,44)(H,41,50). The van der Waals surface area contributed by atoms with Crippen molar-refractivity contribution in [3.05, 3.63) is 35.9 Å². The number of rotatable bonds is 13. The molecule has 0 radical (unpaired) electrons. The number of benzene rings is 1. The molecule has 0 saturated carbocycles. The fourth-order valence-corrected chi connectivity index (χ4v) is 5.76. The first-order chi connectivity index (χ1) is 23.3. The number of ether oxygens (including phenoxy) is 1. The highest BCUT2D eigenvalue weighted by molar-refractivity contribution is 6.38. The lowest BCUT2D eigenvalue weighted by Crippen LogP contribution is -2.59. The van der Waals surface area contributed by atoms with E-state index < -0.39 is 82.6 Å². The van der Waals surface area contributed by atoms with E-state index in [4.69, 9.17) is 4.74 Å². The van der Waals surface area contributed by atoms with E-state index in [9.17, 15) is 33.6 Å². The largest absolute Gasteiger partial charge is 0.444 e. The van der Waals surface area contributed by atoms with Crippen LogP contribution < -0.4 is 21.3 Å². The van der Waals surface area contributed by atoms with E-state index in [1.54, 1.807) is 86.0 Å². The van der Waals surface area contributed by atoms with Crippen molar-refractivity contribution in [1.29, 1.82) is 0 Å². The summed E-state index contributed by atoms with van der Waals surface area (Å²) in [7, 11) is 3.11. The van der Waals surface area contributed by atoms with Gasteiger partial charge in [-0.1, -0.05) is 78.8 Å². The fraction of sp³-hybridized carbons (Fsp3) is 0.649. The second kappa shape index (κ2) is 17.1. The SMILES string of the molecule is CC(C)CC(NC(=O)C1CC(C)(C)CN1C(=O)C(NC(=O)OC(C)(C)C)C(C)(C)C)C(=O)C(=O)NCC(=O)NC(C(=O)N(C)C)c1ccccc1. The molecule has 4 N–H and O–H groups in total. The van der Waals surface area contributed by atoms with Crippen molar-refractivity contribution in [2.24, 2.45) is 16.7 Å². The second-order valence-electron chi connectivity index (χ2n) is 16.7. The predicted octanol–water partition coefficient (Wildman–Crippen LogP) is 2.71. The zero-order chi connectivity index (χ0) is 39.1. The van der Waals surface area contributed by atoms with E-state index in [2.05, 4.69) is 21.3 Å². The smallest absolute Gasteiger partial charge is 0.408 e. The van der Waals surface area contributed by atoms with E-state index in [0.29, 0.717) is 5.56 Å². The molecule has 284 valence electrons. The van der Waals surface area contributed by atoms with Gasteiger partial charge in [-0.3, -0.25) is 28.8 Å². The summed E-state index contributed by atoms with van der Waals surface area (Å²) in [5.41, 5.74) is -1.47. The average molecular weight is 715 g/mol. The molecule has 4 atom stereocenters. The lowest BCUT2D eigenvalue weighted by atomic mass is 9.85. The molecule has 2 rings (SSSR count). The number of likely N-dealkylation sites (N-methyl/N-ethyl adjacent to an activating group) is 1. The Kier molecular flexibility index (Phi) is 14.3. The molecule has 51 heavy (non-hydrogen) atoms. The Morgan fingerprint density at radius 1 is 0.922 bits per heavy atom. The topological polar surface area (TPSA) is 183 Å². The molecule has 1 aliphatic rings. The summed E-state index contributed by atoms with van der Waals surface area (Å²) in [4.78, 5) is 95.6. The van der Waals surface area contributed by atoms with Gasteiger partial charge in [0, 0.05) is 20.6 Å². The highest BCUT2D eigenvalue weighted by Crippen LogP contribution is 2.36. The van der Waals surface area contributed by atoms with Gasteiger partial charge in [-0.05, 0) is 55.9 Å². The number of hydrogen-bond donors (Lipinski definition) is 4. The highest BCUT2D eigenvalue weighted by Gasteiger charge is 2.48. The lowest BCUT2D eigenvalue weighted by molar-refractivity contribution is -0.144. The van der Waals surface area contributed by atoms with Crippen LogP contribution in [0.2, 0.25) is 0 Å². The number of alkyl carbamates (subject to hydrolysis) is 1. The van der Waals surface area contributed by atoms with Crippen LogP contribution in [0.5, 0.6) is 0 Å². The van der Waals surface area contributed by atoms with Gasteiger partial charge in [0.2, 0.25) is 29.4 Å². The molecule has 0 aromatic heterocycles. The van der Waals surface area contributed by atoms with Crippen molar-refractivity contribution in [3.63, 3.8) is 0 Å². The Morgan fingerprint density at radius 3 is 2.02 bits per heavy atom. The van der Waals surface area contributed by atoms with Crippen LogP contribution in [0.3, 0.4) is 0 Å². The first-order valence-corrected chi connectivity index (χ1v) is 17.3. The van der Waals surface area contributed by atoms with Gasteiger partial charge in [0.05, 0.1) is 12.6 Å². The third-order valence-corrected chi connectivity index (χ3v) is 8.18. The molecule has 0 spiro atoms. The van der Waals surface area contributed by atoms with Crippen LogP contribution in [0.4, 0.5) is 4.79 Å². The zero-order valence-corrected chi connectivity index (χ0v) is 32.3. The Balaban J connectivity index is 2.22. The minimum absolute atomic E-state index is 0.111.